The second-order valence-electron chi connectivity index (χ2n) is 4.28. The monoisotopic (exact) mass is 211 g/mol. The highest BCUT2D eigenvalue weighted by Gasteiger charge is 2.28. The standard InChI is InChI=1S/C11H17NO3/c1-8-5-9(6-15-8)10(14)12(4)11(2,3)7-13/h5-6,13H,7H2,1-4H3. The molecule has 0 fully saturated rings. The highest BCUT2D eigenvalue weighted by molar-refractivity contribution is 5.94. The number of aliphatic hydroxyl groups is 1. The van der Waals surface area contributed by atoms with Crippen LogP contribution in [0, 0.1) is 6.92 Å². The van der Waals surface area contributed by atoms with E-state index in [9.17, 15) is 4.79 Å². The Labute approximate surface area is 89.5 Å². The topological polar surface area (TPSA) is 53.7 Å². The number of carbonyl (C=O) groups excluding carboxylic acids is 1. The maximum Gasteiger partial charge on any atom is 0.257 e. The lowest BCUT2D eigenvalue weighted by molar-refractivity contribution is 0.0472. The van der Waals surface area contributed by atoms with Crippen molar-refractivity contribution in [2.45, 2.75) is 26.3 Å². The number of nitrogens with zero attached hydrogens (tertiary/aromatic N) is 1. The zero-order chi connectivity index (χ0) is 11.6. The first-order valence-electron chi connectivity index (χ1n) is 4.82. The molecule has 15 heavy (non-hydrogen) atoms. The average Bonchev–Trinajstić information content (AvgIpc) is 2.62. The van der Waals surface area contributed by atoms with Crippen molar-refractivity contribution in [3.63, 3.8) is 0 Å². The van der Waals surface area contributed by atoms with Gasteiger partial charge in [-0.15, -0.1) is 0 Å². The van der Waals surface area contributed by atoms with Crippen LogP contribution in [-0.2, 0) is 0 Å². The van der Waals surface area contributed by atoms with Gasteiger partial charge in [-0.05, 0) is 26.8 Å². The minimum atomic E-state index is -0.567. The molecule has 0 radical (unpaired) electrons. The predicted octanol–water partition coefficient (Wildman–Crippen LogP) is 1.43. The van der Waals surface area contributed by atoms with E-state index < -0.39 is 5.54 Å². The van der Waals surface area contributed by atoms with Crippen LogP contribution in [0.1, 0.15) is 30.0 Å². The summed E-state index contributed by atoms with van der Waals surface area (Å²) in [5.74, 6) is 0.555. The molecule has 1 amide bonds. The van der Waals surface area contributed by atoms with Crippen LogP contribution in [0.15, 0.2) is 16.7 Å². The summed E-state index contributed by atoms with van der Waals surface area (Å²) >= 11 is 0. The van der Waals surface area contributed by atoms with Gasteiger partial charge in [-0.2, -0.15) is 0 Å². The van der Waals surface area contributed by atoms with Gasteiger partial charge in [0.2, 0.25) is 0 Å². The van der Waals surface area contributed by atoms with E-state index in [2.05, 4.69) is 0 Å². The highest BCUT2D eigenvalue weighted by atomic mass is 16.3. The Morgan fingerprint density at radius 2 is 2.20 bits per heavy atom. The number of furan rings is 1. The molecular weight excluding hydrogens is 194 g/mol. The Morgan fingerprint density at radius 3 is 2.60 bits per heavy atom. The Bertz CT molecular complexity index is 354. The summed E-state index contributed by atoms with van der Waals surface area (Å²) in [6.07, 6.45) is 1.43. The summed E-state index contributed by atoms with van der Waals surface area (Å²) in [6.45, 7) is 5.32. The first-order chi connectivity index (χ1) is 6.88. The third kappa shape index (κ3) is 2.39. The molecule has 84 valence electrons. The zero-order valence-corrected chi connectivity index (χ0v) is 9.57. The van der Waals surface area contributed by atoms with Gasteiger partial charge in [0.15, 0.2) is 0 Å². The number of rotatable bonds is 3. The van der Waals surface area contributed by atoms with Crippen molar-refractivity contribution in [1.82, 2.24) is 4.90 Å². The minimum absolute atomic E-state index is 0.0773. The van der Waals surface area contributed by atoms with Gasteiger partial charge in [0.25, 0.3) is 5.91 Å². The number of aryl methyl sites for hydroxylation is 1. The number of hydrogen-bond acceptors (Lipinski definition) is 3. The molecular formula is C11H17NO3. The van der Waals surface area contributed by atoms with Gasteiger partial charge in [-0.3, -0.25) is 4.79 Å². The molecule has 1 heterocycles. The predicted molar refractivity (Wildman–Crippen MR) is 56.7 cm³/mol. The summed E-state index contributed by atoms with van der Waals surface area (Å²) in [7, 11) is 1.67. The number of carbonyl (C=O) groups is 1. The quantitative estimate of drug-likeness (QED) is 0.822. The molecule has 0 atom stereocenters. The van der Waals surface area contributed by atoms with E-state index in [1.807, 2.05) is 0 Å². The fraction of sp³-hybridized carbons (Fsp3) is 0.545. The van der Waals surface area contributed by atoms with E-state index in [0.717, 1.165) is 0 Å². The molecule has 0 aliphatic rings. The van der Waals surface area contributed by atoms with E-state index >= 15 is 0 Å². The molecule has 4 nitrogen and oxygen atoms in total. The van der Waals surface area contributed by atoms with E-state index in [1.165, 1.54) is 11.2 Å². The van der Waals surface area contributed by atoms with Gasteiger partial charge in [0, 0.05) is 7.05 Å². The van der Waals surface area contributed by atoms with E-state index in [4.69, 9.17) is 9.52 Å². The fourth-order valence-corrected chi connectivity index (χ4v) is 1.13. The lowest BCUT2D eigenvalue weighted by Crippen LogP contribution is -2.47. The molecule has 0 aliphatic heterocycles. The molecule has 0 saturated heterocycles. The molecule has 0 spiro atoms. The van der Waals surface area contributed by atoms with Crippen molar-refractivity contribution in [1.29, 1.82) is 0 Å². The smallest absolute Gasteiger partial charge is 0.257 e. The third-order valence-corrected chi connectivity index (χ3v) is 2.58. The van der Waals surface area contributed by atoms with Gasteiger partial charge in [-0.1, -0.05) is 0 Å². The van der Waals surface area contributed by atoms with Crippen molar-refractivity contribution in [3.8, 4) is 0 Å². The normalized spacial score (nSPS) is 11.5. The maximum atomic E-state index is 11.9. The summed E-state index contributed by atoms with van der Waals surface area (Å²) in [6, 6.07) is 1.69. The number of hydrogen-bond donors (Lipinski definition) is 1. The lowest BCUT2D eigenvalue weighted by atomic mass is 10.0. The maximum absolute atomic E-state index is 11.9. The lowest BCUT2D eigenvalue weighted by Gasteiger charge is -2.33. The van der Waals surface area contributed by atoms with Gasteiger partial charge < -0.3 is 14.4 Å². The largest absolute Gasteiger partial charge is 0.469 e. The summed E-state index contributed by atoms with van der Waals surface area (Å²) in [5, 5.41) is 9.15. The second kappa shape index (κ2) is 4.06. The first-order valence-corrected chi connectivity index (χ1v) is 4.82. The van der Waals surface area contributed by atoms with Gasteiger partial charge in [0.1, 0.15) is 12.0 Å². The van der Waals surface area contributed by atoms with Crippen molar-refractivity contribution < 1.29 is 14.3 Å². The Morgan fingerprint density at radius 1 is 1.60 bits per heavy atom. The SMILES string of the molecule is Cc1cc(C(=O)N(C)C(C)(C)CO)co1. The van der Waals surface area contributed by atoms with Crippen LogP contribution in [-0.4, -0.2) is 35.1 Å². The van der Waals surface area contributed by atoms with Gasteiger partial charge in [0.05, 0.1) is 17.7 Å². The molecule has 0 unspecified atom stereocenters. The second-order valence-corrected chi connectivity index (χ2v) is 4.28. The van der Waals surface area contributed by atoms with Crippen LogP contribution >= 0.6 is 0 Å². The Hall–Kier alpha value is -1.29. The minimum Gasteiger partial charge on any atom is -0.469 e. The Balaban J connectivity index is 2.86. The summed E-state index contributed by atoms with van der Waals surface area (Å²) in [5.41, 5.74) is -0.0565. The van der Waals surface area contributed by atoms with Crippen LogP contribution in [0.3, 0.4) is 0 Å². The molecule has 4 heteroatoms. The zero-order valence-electron chi connectivity index (χ0n) is 9.57. The Kier molecular flexibility index (Phi) is 3.19. The summed E-state index contributed by atoms with van der Waals surface area (Å²) in [4.78, 5) is 13.4. The third-order valence-electron chi connectivity index (χ3n) is 2.58. The summed E-state index contributed by atoms with van der Waals surface area (Å²) < 4.78 is 5.07. The van der Waals surface area contributed by atoms with Crippen LogP contribution in [0.5, 0.6) is 0 Å². The van der Waals surface area contributed by atoms with E-state index in [-0.39, 0.29) is 12.5 Å². The molecule has 0 aliphatic carbocycles. The first kappa shape index (κ1) is 11.8. The molecule has 0 bridgehead atoms. The van der Waals surface area contributed by atoms with Crippen molar-refractivity contribution in [3.05, 3.63) is 23.7 Å². The molecule has 1 N–H and O–H groups in total. The molecule has 0 aromatic carbocycles. The molecule has 0 saturated carbocycles. The van der Waals surface area contributed by atoms with Crippen LogP contribution in [0.4, 0.5) is 0 Å². The van der Waals surface area contributed by atoms with Gasteiger partial charge in [-0.25, -0.2) is 0 Å². The molecule has 1 rings (SSSR count). The van der Waals surface area contributed by atoms with E-state index in [1.54, 1.807) is 33.9 Å². The fourth-order valence-electron chi connectivity index (χ4n) is 1.13. The van der Waals surface area contributed by atoms with Gasteiger partial charge >= 0.3 is 0 Å². The van der Waals surface area contributed by atoms with E-state index in [0.29, 0.717) is 11.3 Å². The van der Waals surface area contributed by atoms with Crippen LogP contribution < -0.4 is 0 Å². The van der Waals surface area contributed by atoms with Crippen LogP contribution in [0.25, 0.3) is 0 Å². The molecule has 1 aromatic rings. The van der Waals surface area contributed by atoms with Crippen LogP contribution in [0.2, 0.25) is 0 Å². The highest BCUT2D eigenvalue weighted by Crippen LogP contribution is 2.16. The number of aliphatic hydroxyl groups excluding tert-OH is 1. The molecule has 1 aromatic heterocycles. The van der Waals surface area contributed by atoms with Crippen molar-refractivity contribution >= 4 is 5.91 Å². The van der Waals surface area contributed by atoms with Crippen molar-refractivity contribution in [2.75, 3.05) is 13.7 Å². The van der Waals surface area contributed by atoms with Crippen molar-refractivity contribution in [2.24, 2.45) is 0 Å². The number of amides is 1. The average molecular weight is 211 g/mol. The number of likely N-dealkylation sites (N-methyl/N-ethyl adjacent to an activating group) is 1.